The number of benzene rings is 2. The lowest BCUT2D eigenvalue weighted by molar-refractivity contribution is -0.116. The van der Waals surface area contributed by atoms with Crippen molar-refractivity contribution in [2.24, 2.45) is 0 Å². The third kappa shape index (κ3) is 4.71. The van der Waals surface area contributed by atoms with Crippen LogP contribution in [-0.4, -0.2) is 27.4 Å². The van der Waals surface area contributed by atoms with Crippen LogP contribution in [0.1, 0.15) is 37.8 Å². The van der Waals surface area contributed by atoms with E-state index in [9.17, 15) is 13.2 Å². The minimum Gasteiger partial charge on any atom is -0.311 e. The van der Waals surface area contributed by atoms with Crippen molar-refractivity contribution in [3.8, 4) is 0 Å². The number of aryl methyl sites for hydroxylation is 1. The lowest BCUT2D eigenvalue weighted by Crippen LogP contribution is -2.38. The van der Waals surface area contributed by atoms with Gasteiger partial charge in [-0.2, -0.15) is 0 Å². The van der Waals surface area contributed by atoms with E-state index in [-0.39, 0.29) is 29.8 Å². The molecule has 0 aliphatic carbocycles. The van der Waals surface area contributed by atoms with E-state index in [4.69, 9.17) is 0 Å². The quantitative estimate of drug-likeness (QED) is 0.807. The summed E-state index contributed by atoms with van der Waals surface area (Å²) < 4.78 is 27.3. The smallest absolute Gasteiger partial charge is 0.240 e. The molecule has 2 rings (SSSR count). The number of anilines is 1. The van der Waals surface area contributed by atoms with Gasteiger partial charge in [0.05, 0.1) is 10.6 Å². The van der Waals surface area contributed by atoms with Crippen LogP contribution in [0.15, 0.2) is 53.4 Å². The number of amides is 1. The normalized spacial score (nSPS) is 11.6. The Labute approximate surface area is 156 Å². The van der Waals surface area contributed by atoms with Crippen LogP contribution in [-0.2, 0) is 14.8 Å². The van der Waals surface area contributed by atoms with Crippen molar-refractivity contribution in [2.75, 3.05) is 18.0 Å². The number of nitrogens with one attached hydrogen (secondary N) is 1. The molecule has 0 radical (unpaired) electrons. The molecule has 0 unspecified atom stereocenters. The Kier molecular flexibility index (Phi) is 6.56. The Hall–Kier alpha value is -2.18. The second kappa shape index (κ2) is 8.47. The lowest BCUT2D eigenvalue weighted by atomic mass is 9.97. The minimum absolute atomic E-state index is 0.111. The maximum atomic E-state index is 12.3. The molecule has 2 aromatic carbocycles. The lowest BCUT2D eigenvalue weighted by Gasteiger charge is -2.27. The Bertz CT molecular complexity index is 862. The molecule has 6 heteroatoms. The molecule has 0 heterocycles. The Balaban J connectivity index is 2.20. The Morgan fingerprint density at radius 1 is 1.08 bits per heavy atom. The molecular formula is C20H26N2O3S. The summed E-state index contributed by atoms with van der Waals surface area (Å²) in [5, 5.41) is 0. The number of para-hydroxylation sites is 1. The molecule has 0 bridgehead atoms. The van der Waals surface area contributed by atoms with Gasteiger partial charge in [0.1, 0.15) is 0 Å². The van der Waals surface area contributed by atoms with Crippen molar-refractivity contribution < 1.29 is 13.2 Å². The molecule has 1 amide bonds. The van der Waals surface area contributed by atoms with Crippen LogP contribution in [0, 0.1) is 6.92 Å². The topological polar surface area (TPSA) is 66.5 Å². The first-order chi connectivity index (χ1) is 12.2. The summed E-state index contributed by atoms with van der Waals surface area (Å²) in [5.74, 6) is 0.146. The molecule has 0 fully saturated rings. The zero-order valence-corrected chi connectivity index (χ0v) is 16.5. The van der Waals surface area contributed by atoms with E-state index >= 15 is 0 Å². The van der Waals surface area contributed by atoms with Crippen LogP contribution in [0.25, 0.3) is 0 Å². The van der Waals surface area contributed by atoms with E-state index in [1.54, 1.807) is 35.2 Å². The van der Waals surface area contributed by atoms with Crippen LogP contribution in [0.3, 0.4) is 0 Å². The van der Waals surface area contributed by atoms with E-state index in [1.165, 1.54) is 6.92 Å². The van der Waals surface area contributed by atoms with Crippen molar-refractivity contribution in [2.45, 2.75) is 38.5 Å². The first-order valence-electron chi connectivity index (χ1n) is 8.66. The molecule has 1 N–H and O–H groups in total. The van der Waals surface area contributed by atoms with Gasteiger partial charge >= 0.3 is 0 Å². The second-order valence-electron chi connectivity index (χ2n) is 6.55. The predicted octanol–water partition coefficient (Wildman–Crippen LogP) is 3.45. The van der Waals surface area contributed by atoms with Gasteiger partial charge in [-0.15, -0.1) is 0 Å². The van der Waals surface area contributed by atoms with Gasteiger partial charge in [-0.3, -0.25) is 4.79 Å². The molecule has 0 saturated heterocycles. The van der Waals surface area contributed by atoms with Gasteiger partial charge in [-0.05, 0) is 36.1 Å². The molecule has 0 atom stereocenters. The summed E-state index contributed by atoms with van der Waals surface area (Å²) in [6, 6.07) is 14.2. The minimum atomic E-state index is -3.59. The molecule has 26 heavy (non-hydrogen) atoms. The summed E-state index contributed by atoms with van der Waals surface area (Å²) in [7, 11) is -3.59. The maximum absolute atomic E-state index is 12.3. The first-order valence-corrected chi connectivity index (χ1v) is 10.1. The van der Waals surface area contributed by atoms with Gasteiger partial charge in [0.2, 0.25) is 15.9 Å². The highest BCUT2D eigenvalue weighted by Gasteiger charge is 2.20. The Morgan fingerprint density at radius 2 is 1.73 bits per heavy atom. The fraction of sp³-hybridized carbons (Fsp3) is 0.350. The van der Waals surface area contributed by atoms with E-state index in [0.29, 0.717) is 0 Å². The van der Waals surface area contributed by atoms with E-state index in [1.807, 2.05) is 25.1 Å². The van der Waals surface area contributed by atoms with Gasteiger partial charge in [0.15, 0.2) is 0 Å². The molecule has 0 aromatic heterocycles. The number of hydrogen-bond acceptors (Lipinski definition) is 3. The standard InChI is InChI=1S/C20H26N2O3S/c1-15(2)19-12-8-9-16(3)20(19)22(17(4)23)14-13-21-26(24,25)18-10-6-5-7-11-18/h5-12,15,21H,13-14H2,1-4H3. The molecule has 2 aromatic rings. The van der Waals surface area contributed by atoms with Gasteiger partial charge in [-0.1, -0.05) is 50.2 Å². The number of rotatable bonds is 7. The van der Waals surface area contributed by atoms with Crippen molar-refractivity contribution in [3.63, 3.8) is 0 Å². The predicted molar refractivity (Wildman–Crippen MR) is 105 cm³/mol. The fourth-order valence-corrected chi connectivity index (χ4v) is 3.96. The monoisotopic (exact) mass is 374 g/mol. The summed E-state index contributed by atoms with van der Waals surface area (Å²) in [4.78, 5) is 14.1. The van der Waals surface area contributed by atoms with Gasteiger partial charge in [0.25, 0.3) is 0 Å². The summed E-state index contributed by atoms with van der Waals surface area (Å²) in [6.45, 7) is 8.03. The van der Waals surface area contributed by atoms with Crippen LogP contribution in [0.4, 0.5) is 5.69 Å². The molecule has 0 aliphatic rings. The highest BCUT2D eigenvalue weighted by molar-refractivity contribution is 7.89. The molecule has 5 nitrogen and oxygen atoms in total. The van der Waals surface area contributed by atoms with Crippen LogP contribution in [0.5, 0.6) is 0 Å². The van der Waals surface area contributed by atoms with Crippen LogP contribution >= 0.6 is 0 Å². The average Bonchev–Trinajstić information content (AvgIpc) is 2.59. The molecular weight excluding hydrogens is 348 g/mol. The van der Waals surface area contributed by atoms with Crippen LogP contribution < -0.4 is 9.62 Å². The number of sulfonamides is 1. The van der Waals surface area contributed by atoms with Gasteiger partial charge in [-0.25, -0.2) is 13.1 Å². The van der Waals surface area contributed by atoms with Gasteiger partial charge < -0.3 is 4.90 Å². The van der Waals surface area contributed by atoms with Crippen LogP contribution in [0.2, 0.25) is 0 Å². The number of hydrogen-bond donors (Lipinski definition) is 1. The highest BCUT2D eigenvalue weighted by Crippen LogP contribution is 2.30. The molecule has 0 saturated carbocycles. The van der Waals surface area contributed by atoms with Crippen molar-refractivity contribution in [3.05, 3.63) is 59.7 Å². The van der Waals surface area contributed by atoms with Crippen molar-refractivity contribution in [1.82, 2.24) is 4.72 Å². The molecule has 140 valence electrons. The van der Waals surface area contributed by atoms with Crippen molar-refractivity contribution in [1.29, 1.82) is 0 Å². The summed E-state index contributed by atoms with van der Waals surface area (Å²) in [6.07, 6.45) is 0. The number of carbonyl (C=O) groups is 1. The van der Waals surface area contributed by atoms with Crippen molar-refractivity contribution >= 4 is 21.6 Å². The molecule has 0 spiro atoms. The third-order valence-corrected chi connectivity index (χ3v) is 5.70. The second-order valence-corrected chi connectivity index (χ2v) is 8.32. The fourth-order valence-electron chi connectivity index (χ4n) is 2.92. The SMILES string of the molecule is CC(=O)N(CCNS(=O)(=O)c1ccccc1)c1c(C)cccc1C(C)C. The summed E-state index contributed by atoms with van der Waals surface area (Å²) in [5.41, 5.74) is 2.94. The third-order valence-electron chi connectivity index (χ3n) is 4.22. The highest BCUT2D eigenvalue weighted by atomic mass is 32.2. The van der Waals surface area contributed by atoms with E-state index in [2.05, 4.69) is 18.6 Å². The zero-order chi connectivity index (χ0) is 19.3. The maximum Gasteiger partial charge on any atom is 0.240 e. The number of carbonyl (C=O) groups excluding carboxylic acids is 1. The first kappa shape index (κ1) is 20.1. The van der Waals surface area contributed by atoms with E-state index < -0.39 is 10.0 Å². The molecule has 0 aliphatic heterocycles. The number of nitrogens with zero attached hydrogens (tertiary/aromatic N) is 1. The average molecular weight is 375 g/mol. The largest absolute Gasteiger partial charge is 0.311 e. The van der Waals surface area contributed by atoms with E-state index in [0.717, 1.165) is 16.8 Å². The summed E-state index contributed by atoms with van der Waals surface area (Å²) >= 11 is 0. The Morgan fingerprint density at radius 3 is 2.31 bits per heavy atom. The zero-order valence-electron chi connectivity index (χ0n) is 15.7. The van der Waals surface area contributed by atoms with Gasteiger partial charge in [0, 0.05) is 20.0 Å².